The van der Waals surface area contributed by atoms with E-state index in [1.165, 1.54) is 0 Å². The Morgan fingerprint density at radius 3 is 2.64 bits per heavy atom. The van der Waals surface area contributed by atoms with E-state index in [0.717, 1.165) is 11.4 Å². The monoisotopic (exact) mass is 150 g/mol. The summed E-state index contributed by atoms with van der Waals surface area (Å²) in [7, 11) is 0. The number of nitrogens with zero attached hydrogens (tertiary/aromatic N) is 3. The summed E-state index contributed by atoms with van der Waals surface area (Å²) in [6.07, 6.45) is 3.26. The molecule has 0 aliphatic carbocycles. The molecule has 0 unspecified atom stereocenters. The molecule has 4 nitrogen and oxygen atoms in total. The van der Waals surface area contributed by atoms with Crippen molar-refractivity contribution >= 4 is 5.71 Å². The Hall–Kier alpha value is -1.45. The van der Waals surface area contributed by atoms with Crippen molar-refractivity contribution in [2.75, 3.05) is 0 Å². The Kier molecular flexibility index (Phi) is 2.15. The van der Waals surface area contributed by atoms with E-state index >= 15 is 0 Å². The summed E-state index contributed by atoms with van der Waals surface area (Å²) in [5.41, 5.74) is 2.31. The Labute approximate surface area is 65.2 Å². The Balaban J connectivity index is 3.14. The van der Waals surface area contributed by atoms with Crippen molar-refractivity contribution in [2.45, 2.75) is 13.8 Å². The Morgan fingerprint density at radius 2 is 2.09 bits per heavy atom. The van der Waals surface area contributed by atoms with Gasteiger partial charge in [0.1, 0.15) is 5.69 Å². The lowest BCUT2D eigenvalue weighted by atomic mass is 10.2. The maximum atomic E-state index is 5.09. The van der Waals surface area contributed by atoms with Crippen LogP contribution in [0.15, 0.2) is 17.5 Å². The van der Waals surface area contributed by atoms with Crippen LogP contribution in [-0.4, -0.2) is 15.7 Å². The van der Waals surface area contributed by atoms with Crippen LogP contribution < -0.4 is 5.84 Å². The van der Waals surface area contributed by atoms with Gasteiger partial charge in [-0.15, -0.1) is 0 Å². The highest BCUT2D eigenvalue weighted by Gasteiger charge is 2.01. The summed E-state index contributed by atoms with van der Waals surface area (Å²) in [6.45, 7) is 3.67. The van der Waals surface area contributed by atoms with Crippen molar-refractivity contribution in [3.63, 3.8) is 0 Å². The second-order valence-electron chi connectivity index (χ2n) is 2.20. The molecule has 0 radical (unpaired) electrons. The van der Waals surface area contributed by atoms with Crippen LogP contribution in [0.2, 0.25) is 0 Å². The highest BCUT2D eigenvalue weighted by atomic mass is 15.1. The maximum Gasteiger partial charge on any atom is 0.107 e. The van der Waals surface area contributed by atoms with E-state index in [1.807, 2.05) is 6.92 Å². The lowest BCUT2D eigenvalue weighted by molar-refractivity contribution is 1.08. The molecule has 0 fully saturated rings. The minimum absolute atomic E-state index is 0.704. The second-order valence-corrected chi connectivity index (χ2v) is 2.20. The topological polar surface area (TPSA) is 64.2 Å². The number of nitrogens with two attached hydrogens (primary N) is 1. The van der Waals surface area contributed by atoms with E-state index < -0.39 is 0 Å². The summed E-state index contributed by atoms with van der Waals surface area (Å²) in [5, 5.41) is 3.53. The van der Waals surface area contributed by atoms with Gasteiger partial charge in [-0.05, 0) is 13.8 Å². The van der Waals surface area contributed by atoms with E-state index in [-0.39, 0.29) is 0 Å². The number of aryl methyl sites for hydroxylation is 1. The number of aromatic nitrogens is 2. The van der Waals surface area contributed by atoms with Crippen LogP contribution in [0.3, 0.4) is 0 Å². The minimum Gasteiger partial charge on any atom is -0.323 e. The van der Waals surface area contributed by atoms with Crippen LogP contribution >= 0.6 is 0 Å². The minimum atomic E-state index is 0.704. The highest BCUT2D eigenvalue weighted by molar-refractivity contribution is 5.97. The summed E-state index contributed by atoms with van der Waals surface area (Å²) in [5.74, 6) is 5.09. The number of hydrazone groups is 1. The molecular formula is C7H10N4. The molecule has 2 N–H and O–H groups in total. The van der Waals surface area contributed by atoms with Crippen molar-refractivity contribution in [3.8, 4) is 0 Å². The fraction of sp³-hybridized carbons (Fsp3) is 0.286. The third-order valence-corrected chi connectivity index (χ3v) is 1.42. The van der Waals surface area contributed by atoms with Crippen LogP contribution in [0.5, 0.6) is 0 Å². The molecule has 0 aromatic carbocycles. The van der Waals surface area contributed by atoms with Crippen molar-refractivity contribution in [1.29, 1.82) is 0 Å². The molecular weight excluding hydrogens is 140 g/mol. The highest BCUT2D eigenvalue weighted by Crippen LogP contribution is 1.99. The van der Waals surface area contributed by atoms with Crippen molar-refractivity contribution in [2.24, 2.45) is 10.9 Å². The molecule has 0 atom stereocenters. The number of hydrogen-bond donors (Lipinski definition) is 1. The third-order valence-electron chi connectivity index (χ3n) is 1.42. The molecule has 1 aromatic rings. The van der Waals surface area contributed by atoms with Gasteiger partial charge in [0, 0.05) is 12.4 Å². The van der Waals surface area contributed by atoms with Crippen LogP contribution in [-0.2, 0) is 0 Å². The molecule has 4 heteroatoms. The van der Waals surface area contributed by atoms with E-state index in [0.29, 0.717) is 5.71 Å². The lowest BCUT2D eigenvalue weighted by Crippen LogP contribution is -2.05. The summed E-state index contributed by atoms with van der Waals surface area (Å²) >= 11 is 0. The largest absolute Gasteiger partial charge is 0.323 e. The molecule has 11 heavy (non-hydrogen) atoms. The van der Waals surface area contributed by atoms with Gasteiger partial charge >= 0.3 is 0 Å². The zero-order valence-electron chi connectivity index (χ0n) is 6.57. The van der Waals surface area contributed by atoms with Crippen LogP contribution in [0.1, 0.15) is 18.3 Å². The van der Waals surface area contributed by atoms with Crippen molar-refractivity contribution in [1.82, 2.24) is 9.97 Å². The fourth-order valence-corrected chi connectivity index (χ4v) is 0.824. The summed E-state index contributed by atoms with van der Waals surface area (Å²) in [4.78, 5) is 8.12. The molecule has 1 rings (SSSR count). The van der Waals surface area contributed by atoms with E-state index in [9.17, 15) is 0 Å². The van der Waals surface area contributed by atoms with E-state index in [2.05, 4.69) is 15.1 Å². The van der Waals surface area contributed by atoms with E-state index in [4.69, 9.17) is 5.84 Å². The standard InChI is InChI=1S/C7H10N4/c1-5-7(6(2)11-8)10-4-3-9-5/h3-4H,8H2,1-2H3/b11-6+. The predicted octanol–water partition coefficient (Wildman–Crippen LogP) is 0.468. The van der Waals surface area contributed by atoms with Gasteiger partial charge in [0.05, 0.1) is 11.4 Å². The van der Waals surface area contributed by atoms with Gasteiger partial charge in [0.25, 0.3) is 0 Å². The number of hydrogen-bond acceptors (Lipinski definition) is 4. The molecule has 1 heterocycles. The molecule has 0 aliphatic heterocycles. The first kappa shape index (κ1) is 7.65. The molecule has 0 aliphatic rings. The van der Waals surface area contributed by atoms with Gasteiger partial charge < -0.3 is 5.84 Å². The Bertz CT molecular complexity index is 280. The normalized spacial score (nSPS) is 11.6. The zero-order chi connectivity index (χ0) is 8.27. The third kappa shape index (κ3) is 1.52. The quantitative estimate of drug-likeness (QED) is 0.359. The predicted molar refractivity (Wildman–Crippen MR) is 43.2 cm³/mol. The van der Waals surface area contributed by atoms with Gasteiger partial charge in [0.2, 0.25) is 0 Å². The first-order valence-electron chi connectivity index (χ1n) is 3.28. The molecule has 1 aromatic heterocycles. The van der Waals surface area contributed by atoms with Gasteiger partial charge in [-0.1, -0.05) is 0 Å². The average Bonchev–Trinajstić information content (AvgIpc) is 2.04. The molecule has 58 valence electrons. The summed E-state index contributed by atoms with van der Waals surface area (Å²) < 4.78 is 0. The zero-order valence-corrected chi connectivity index (χ0v) is 6.57. The van der Waals surface area contributed by atoms with Gasteiger partial charge in [-0.25, -0.2) is 0 Å². The maximum absolute atomic E-state index is 5.09. The van der Waals surface area contributed by atoms with Crippen LogP contribution in [0.25, 0.3) is 0 Å². The SMILES string of the molecule is C/C(=N\N)c1nccnc1C. The van der Waals surface area contributed by atoms with Gasteiger partial charge in [-0.3, -0.25) is 9.97 Å². The first-order valence-corrected chi connectivity index (χ1v) is 3.28. The van der Waals surface area contributed by atoms with Gasteiger partial charge in [0.15, 0.2) is 0 Å². The van der Waals surface area contributed by atoms with Crippen LogP contribution in [0, 0.1) is 6.92 Å². The summed E-state index contributed by atoms with van der Waals surface area (Å²) in [6, 6.07) is 0. The Morgan fingerprint density at radius 1 is 1.45 bits per heavy atom. The number of rotatable bonds is 1. The lowest BCUT2D eigenvalue weighted by Gasteiger charge is -1.99. The van der Waals surface area contributed by atoms with E-state index in [1.54, 1.807) is 19.3 Å². The fourth-order valence-electron chi connectivity index (χ4n) is 0.824. The van der Waals surface area contributed by atoms with Crippen LogP contribution in [0.4, 0.5) is 0 Å². The van der Waals surface area contributed by atoms with Crippen molar-refractivity contribution < 1.29 is 0 Å². The molecule has 0 spiro atoms. The smallest absolute Gasteiger partial charge is 0.107 e. The molecule has 0 amide bonds. The molecule has 0 saturated heterocycles. The van der Waals surface area contributed by atoms with Crippen molar-refractivity contribution in [3.05, 3.63) is 23.8 Å². The molecule has 0 saturated carbocycles. The molecule has 0 bridgehead atoms. The first-order chi connectivity index (χ1) is 5.25. The average molecular weight is 150 g/mol. The van der Waals surface area contributed by atoms with Gasteiger partial charge in [-0.2, -0.15) is 5.10 Å². The second kappa shape index (κ2) is 3.09.